The number of ether oxygens (including phenoxy) is 3. The number of amides is 2. The molecule has 0 radical (unpaired) electrons. The van der Waals surface area contributed by atoms with Crippen molar-refractivity contribution in [2.45, 2.75) is 51.2 Å². The summed E-state index contributed by atoms with van der Waals surface area (Å²) in [6.07, 6.45) is 4.39. The van der Waals surface area contributed by atoms with Crippen molar-refractivity contribution in [2.75, 3.05) is 32.2 Å². The van der Waals surface area contributed by atoms with Crippen LogP contribution in [0.3, 0.4) is 0 Å². The van der Waals surface area contributed by atoms with Crippen LogP contribution in [-0.4, -0.2) is 76.6 Å². The van der Waals surface area contributed by atoms with Crippen LogP contribution in [0.2, 0.25) is 5.02 Å². The summed E-state index contributed by atoms with van der Waals surface area (Å²) < 4.78 is 15.7. The van der Waals surface area contributed by atoms with Crippen LogP contribution in [0.5, 0.6) is 11.6 Å². The number of esters is 1. The molecule has 1 fully saturated rings. The molecule has 41 heavy (non-hydrogen) atoms. The maximum Gasteiger partial charge on any atom is 0.303 e. The second-order valence-corrected chi connectivity index (χ2v) is 10.4. The molecule has 12 nitrogen and oxygen atoms in total. The highest BCUT2D eigenvalue weighted by atomic mass is 35.5. The second kappa shape index (κ2) is 12.6. The zero-order valence-electron chi connectivity index (χ0n) is 22.8. The van der Waals surface area contributed by atoms with Crippen LogP contribution < -0.4 is 20.1 Å². The molecule has 5 heterocycles. The third-order valence-corrected chi connectivity index (χ3v) is 7.53. The summed E-state index contributed by atoms with van der Waals surface area (Å²) in [7, 11) is 1.55. The van der Waals surface area contributed by atoms with Crippen molar-refractivity contribution in [1.82, 2.24) is 25.2 Å². The van der Waals surface area contributed by atoms with E-state index >= 15 is 0 Å². The van der Waals surface area contributed by atoms with Gasteiger partial charge in [0.2, 0.25) is 5.88 Å². The Bertz CT molecular complexity index is 1470. The fourth-order valence-corrected chi connectivity index (χ4v) is 5.37. The number of nitrogens with one attached hydrogen (secondary N) is 2. The molecule has 2 unspecified atom stereocenters. The van der Waals surface area contributed by atoms with Crippen LogP contribution >= 0.6 is 11.6 Å². The van der Waals surface area contributed by atoms with E-state index in [1.807, 2.05) is 12.1 Å². The van der Waals surface area contributed by atoms with Gasteiger partial charge < -0.3 is 29.7 Å². The fraction of sp³-hybridized carbons (Fsp3) is 0.429. The van der Waals surface area contributed by atoms with E-state index in [1.165, 1.54) is 6.92 Å². The van der Waals surface area contributed by atoms with E-state index in [2.05, 4.69) is 25.6 Å². The van der Waals surface area contributed by atoms with Gasteiger partial charge in [-0.05, 0) is 43.9 Å². The van der Waals surface area contributed by atoms with Crippen LogP contribution in [0.1, 0.15) is 37.4 Å². The number of rotatable bonds is 9. The van der Waals surface area contributed by atoms with Crippen LogP contribution in [0.25, 0.3) is 11.0 Å². The molecule has 3 aromatic heterocycles. The smallest absolute Gasteiger partial charge is 0.303 e. The zero-order valence-corrected chi connectivity index (χ0v) is 23.6. The van der Waals surface area contributed by atoms with Gasteiger partial charge in [-0.25, -0.2) is 9.97 Å². The molecule has 0 aliphatic carbocycles. The number of nitrogens with zero attached hydrogens (tertiary/aromatic N) is 4. The number of likely N-dealkylation sites (tertiary alicyclic amines) is 1. The van der Waals surface area contributed by atoms with E-state index in [4.69, 9.17) is 25.8 Å². The molecular weight excluding hydrogens is 552 g/mol. The molecule has 2 atom stereocenters. The largest absolute Gasteiger partial charge is 0.481 e. The van der Waals surface area contributed by atoms with E-state index in [1.54, 1.807) is 30.3 Å². The lowest BCUT2D eigenvalue weighted by Gasteiger charge is -2.40. The Morgan fingerprint density at radius 2 is 2.07 bits per heavy atom. The van der Waals surface area contributed by atoms with Crippen molar-refractivity contribution in [1.29, 1.82) is 0 Å². The summed E-state index contributed by atoms with van der Waals surface area (Å²) in [4.78, 5) is 51.4. The lowest BCUT2D eigenvalue weighted by atomic mass is 9.93. The highest BCUT2D eigenvalue weighted by molar-refractivity contribution is 6.32. The topological polar surface area (TPSA) is 145 Å². The molecule has 0 saturated carbocycles. The number of halogens is 1. The van der Waals surface area contributed by atoms with Crippen molar-refractivity contribution >= 4 is 46.2 Å². The number of fused-ring (bicyclic) bond motifs is 2. The summed E-state index contributed by atoms with van der Waals surface area (Å²) in [5, 5.41) is 6.70. The SMILES string of the molecule is COc1ccc2ncc(Cl)c(CCC3CCC(NCc4ccc5c(n4)NC(=O)CO5)CN3C(=O)COC(C)=O)c2n1. The molecular formula is C28H31ClN6O6. The monoisotopic (exact) mass is 582 g/mol. The Balaban J connectivity index is 1.27. The Hall–Kier alpha value is -4.03. The average Bonchev–Trinajstić information content (AvgIpc) is 2.98. The molecule has 216 valence electrons. The number of aryl methyl sites for hydroxylation is 1. The van der Waals surface area contributed by atoms with Crippen molar-refractivity contribution in [3.05, 3.63) is 46.7 Å². The van der Waals surface area contributed by atoms with E-state index in [0.29, 0.717) is 59.4 Å². The van der Waals surface area contributed by atoms with Crippen LogP contribution in [0.4, 0.5) is 5.82 Å². The maximum absolute atomic E-state index is 13.2. The van der Waals surface area contributed by atoms with E-state index in [0.717, 1.165) is 24.1 Å². The third kappa shape index (κ3) is 6.83. The molecule has 2 aliphatic heterocycles. The number of hydrogen-bond acceptors (Lipinski definition) is 10. The van der Waals surface area contributed by atoms with Gasteiger partial charge in [0.05, 0.1) is 28.9 Å². The number of anilines is 1. The molecule has 13 heteroatoms. The van der Waals surface area contributed by atoms with Crippen LogP contribution in [-0.2, 0) is 32.1 Å². The van der Waals surface area contributed by atoms with Gasteiger partial charge >= 0.3 is 5.97 Å². The first-order valence-corrected chi connectivity index (χ1v) is 13.8. The van der Waals surface area contributed by atoms with Crippen molar-refractivity contribution in [3.8, 4) is 11.6 Å². The minimum Gasteiger partial charge on any atom is -0.481 e. The molecule has 0 spiro atoms. The van der Waals surface area contributed by atoms with Gasteiger partial charge in [-0.2, -0.15) is 0 Å². The molecule has 2 aliphatic rings. The molecule has 5 rings (SSSR count). The van der Waals surface area contributed by atoms with Crippen LogP contribution in [0, 0.1) is 0 Å². The number of carbonyl (C=O) groups is 3. The molecule has 0 aromatic carbocycles. The number of aromatic nitrogens is 3. The standard InChI is InChI=1S/C28H31ClN6O6/c1-16(36)40-15-26(38)35-13-18(30-11-17-4-9-23-28(32-17)33-24(37)14-41-23)3-5-19(35)6-7-20-21(29)12-31-22-8-10-25(39-2)34-27(20)22/h4,8-10,12,18-19,30H,3,5-7,11,13-15H2,1-2H3,(H,32,33,37). The average molecular weight is 583 g/mol. The molecule has 3 aromatic rings. The van der Waals surface area contributed by atoms with E-state index < -0.39 is 5.97 Å². The van der Waals surface area contributed by atoms with E-state index in [-0.39, 0.29) is 37.1 Å². The minimum absolute atomic E-state index is 0.00697. The second-order valence-electron chi connectivity index (χ2n) is 9.97. The van der Waals surface area contributed by atoms with Crippen molar-refractivity contribution in [2.24, 2.45) is 0 Å². The normalized spacial score (nSPS) is 18.3. The van der Waals surface area contributed by atoms with Gasteiger partial charge in [-0.1, -0.05) is 11.6 Å². The Labute approximate surface area is 241 Å². The van der Waals surface area contributed by atoms with Crippen molar-refractivity contribution < 1.29 is 28.6 Å². The third-order valence-electron chi connectivity index (χ3n) is 7.21. The maximum atomic E-state index is 13.2. The number of piperidine rings is 1. The molecule has 0 bridgehead atoms. The van der Waals surface area contributed by atoms with Crippen LogP contribution in [0.15, 0.2) is 30.5 Å². The molecule has 2 amide bonds. The highest BCUT2D eigenvalue weighted by Gasteiger charge is 2.32. The number of pyridine rings is 3. The summed E-state index contributed by atoms with van der Waals surface area (Å²) in [6, 6.07) is 7.11. The summed E-state index contributed by atoms with van der Waals surface area (Å²) >= 11 is 6.55. The zero-order chi connectivity index (χ0) is 28.9. The summed E-state index contributed by atoms with van der Waals surface area (Å²) in [5.74, 6) is 0.395. The fourth-order valence-electron chi connectivity index (χ4n) is 5.14. The van der Waals surface area contributed by atoms with Gasteiger partial charge in [0.1, 0.15) is 0 Å². The number of hydrogen-bond donors (Lipinski definition) is 2. The Morgan fingerprint density at radius 3 is 2.88 bits per heavy atom. The van der Waals surface area contributed by atoms with Gasteiger partial charge in [-0.3, -0.25) is 19.4 Å². The Morgan fingerprint density at radius 1 is 1.22 bits per heavy atom. The first kappa shape index (κ1) is 28.5. The number of methoxy groups -OCH3 is 1. The lowest BCUT2D eigenvalue weighted by Crippen LogP contribution is -2.53. The van der Waals surface area contributed by atoms with Gasteiger partial charge in [0.15, 0.2) is 24.8 Å². The lowest BCUT2D eigenvalue weighted by molar-refractivity contribution is -0.152. The summed E-state index contributed by atoms with van der Waals surface area (Å²) in [6.45, 7) is 1.81. The van der Waals surface area contributed by atoms with Gasteiger partial charge in [0, 0.05) is 49.9 Å². The number of carbonyl (C=O) groups excluding carboxylic acids is 3. The highest BCUT2D eigenvalue weighted by Crippen LogP contribution is 2.29. The molecule has 2 N–H and O–H groups in total. The van der Waals surface area contributed by atoms with E-state index in [9.17, 15) is 14.4 Å². The van der Waals surface area contributed by atoms with Crippen molar-refractivity contribution in [3.63, 3.8) is 0 Å². The summed E-state index contributed by atoms with van der Waals surface area (Å²) in [5.41, 5.74) is 2.96. The Kier molecular flexibility index (Phi) is 8.79. The first-order valence-electron chi connectivity index (χ1n) is 13.4. The molecule has 1 saturated heterocycles. The predicted octanol–water partition coefficient (Wildman–Crippen LogP) is 2.66. The van der Waals surface area contributed by atoms with Gasteiger partial charge in [-0.15, -0.1) is 0 Å². The predicted molar refractivity (Wildman–Crippen MR) is 150 cm³/mol. The van der Waals surface area contributed by atoms with Gasteiger partial charge in [0.25, 0.3) is 11.8 Å². The quantitative estimate of drug-likeness (QED) is 0.361. The minimum atomic E-state index is -0.508. The first-order chi connectivity index (χ1) is 19.8.